The molecule has 7 nitrogen and oxygen atoms in total. The van der Waals surface area contributed by atoms with E-state index in [1.54, 1.807) is 42.6 Å². The van der Waals surface area contributed by atoms with Gasteiger partial charge in [-0.25, -0.2) is 4.98 Å². The molecule has 1 saturated heterocycles. The van der Waals surface area contributed by atoms with Crippen LogP contribution in [0.5, 0.6) is 0 Å². The minimum absolute atomic E-state index is 0.0856. The van der Waals surface area contributed by atoms with Gasteiger partial charge in [0.15, 0.2) is 0 Å². The number of amides is 1. The topological polar surface area (TPSA) is 81.3 Å². The zero-order chi connectivity index (χ0) is 29.1. The van der Waals surface area contributed by atoms with Gasteiger partial charge < -0.3 is 15.2 Å². The number of pyridine rings is 2. The zero-order valence-electron chi connectivity index (χ0n) is 22.6. The highest BCUT2D eigenvalue weighted by molar-refractivity contribution is 6.04. The Morgan fingerprint density at radius 3 is 2.56 bits per heavy atom. The first kappa shape index (κ1) is 28.1. The molecule has 2 N–H and O–H groups in total. The Balaban J connectivity index is 1.37. The smallest absolute Gasteiger partial charge is 0.322 e. The van der Waals surface area contributed by atoms with Crippen LogP contribution in [0.25, 0.3) is 11.0 Å². The summed E-state index contributed by atoms with van der Waals surface area (Å²) in [5.74, 6) is 5.55. The third-order valence-electron chi connectivity index (χ3n) is 6.99. The summed E-state index contributed by atoms with van der Waals surface area (Å²) in [6, 6.07) is 13.5. The van der Waals surface area contributed by atoms with Crippen LogP contribution in [-0.2, 0) is 12.7 Å². The average Bonchev–Trinajstić information content (AvgIpc) is 2.93. The van der Waals surface area contributed by atoms with Gasteiger partial charge >= 0.3 is 6.18 Å². The Labute approximate surface area is 235 Å². The number of alkyl halides is 3. The maximum Gasteiger partial charge on any atom is 0.416 e. The number of aromatic amines is 1. The number of carbonyl (C=O) groups excluding carboxylic acids is 1. The Kier molecular flexibility index (Phi) is 7.92. The molecule has 1 aliphatic heterocycles. The van der Waals surface area contributed by atoms with Crippen molar-refractivity contribution >= 4 is 22.6 Å². The lowest BCUT2D eigenvalue weighted by molar-refractivity contribution is -0.137. The fraction of sp³-hybridized carbons (Fsp3) is 0.258. The van der Waals surface area contributed by atoms with E-state index in [-0.39, 0.29) is 16.8 Å². The Bertz CT molecular complexity index is 1730. The quantitative estimate of drug-likeness (QED) is 0.356. The normalized spacial score (nSPS) is 14.5. The van der Waals surface area contributed by atoms with Crippen LogP contribution < -0.4 is 10.9 Å². The Morgan fingerprint density at radius 2 is 1.80 bits per heavy atom. The fourth-order valence-corrected chi connectivity index (χ4v) is 4.63. The van der Waals surface area contributed by atoms with Gasteiger partial charge in [0, 0.05) is 72.8 Å². The highest BCUT2D eigenvalue weighted by atomic mass is 19.4. The van der Waals surface area contributed by atoms with Gasteiger partial charge in [-0.1, -0.05) is 17.9 Å². The van der Waals surface area contributed by atoms with Crippen LogP contribution in [0.4, 0.5) is 18.9 Å². The second kappa shape index (κ2) is 11.6. The van der Waals surface area contributed by atoms with Crippen molar-refractivity contribution < 1.29 is 18.0 Å². The number of hydrogen-bond acceptors (Lipinski definition) is 5. The number of likely N-dealkylation sites (N-methyl/N-ethyl adjacent to an activating group) is 1. The summed E-state index contributed by atoms with van der Waals surface area (Å²) in [6.45, 7) is 5.43. The Morgan fingerprint density at radius 1 is 1.02 bits per heavy atom. The summed E-state index contributed by atoms with van der Waals surface area (Å²) in [5, 5.41) is 3.38. The molecule has 0 unspecified atom stereocenters. The zero-order valence-corrected chi connectivity index (χ0v) is 22.6. The first-order chi connectivity index (χ1) is 19.5. The molecular formula is C31H28F3N5O2. The van der Waals surface area contributed by atoms with Gasteiger partial charge in [0.1, 0.15) is 5.65 Å². The van der Waals surface area contributed by atoms with E-state index in [0.717, 1.165) is 49.3 Å². The molecule has 10 heteroatoms. The van der Waals surface area contributed by atoms with Crippen molar-refractivity contribution in [3.8, 4) is 11.8 Å². The summed E-state index contributed by atoms with van der Waals surface area (Å²) in [4.78, 5) is 35.8. The van der Waals surface area contributed by atoms with Gasteiger partial charge in [0.2, 0.25) is 5.56 Å². The van der Waals surface area contributed by atoms with Gasteiger partial charge in [-0.3, -0.25) is 14.5 Å². The number of carbonyl (C=O) groups is 1. The molecule has 0 spiro atoms. The van der Waals surface area contributed by atoms with Gasteiger partial charge in [-0.2, -0.15) is 13.2 Å². The van der Waals surface area contributed by atoms with Crippen LogP contribution in [0.3, 0.4) is 0 Å². The molecule has 2 aromatic heterocycles. The van der Waals surface area contributed by atoms with E-state index < -0.39 is 17.6 Å². The molecule has 0 aliphatic carbocycles. The number of fused-ring (bicyclic) bond motifs is 1. The standard InChI is InChI=1S/C31H28F3N5O2/c1-20-3-5-25(16-23(20)6-4-21-13-24-7-8-28(40)37-29(24)35-18-21)30(41)36-27-15-22(14-26(17-27)31(32,33)34)19-39-11-9-38(2)10-12-39/h3,5,7-8,13-18H,9-12,19H2,1-2H3,(H,36,41)(H,35,37,40). The third-order valence-corrected chi connectivity index (χ3v) is 6.99. The summed E-state index contributed by atoms with van der Waals surface area (Å²) < 4.78 is 41.1. The van der Waals surface area contributed by atoms with E-state index in [9.17, 15) is 22.8 Å². The third kappa shape index (κ3) is 7.01. The van der Waals surface area contributed by atoms with E-state index in [2.05, 4.69) is 36.9 Å². The summed E-state index contributed by atoms with van der Waals surface area (Å²) in [5.41, 5.74) is 2.31. The van der Waals surface area contributed by atoms with Crippen molar-refractivity contribution in [2.45, 2.75) is 19.6 Å². The number of rotatable bonds is 4. The molecule has 0 radical (unpaired) electrons. The maximum absolute atomic E-state index is 13.7. The highest BCUT2D eigenvalue weighted by Crippen LogP contribution is 2.32. The second-order valence-electron chi connectivity index (χ2n) is 10.2. The molecule has 1 aliphatic rings. The summed E-state index contributed by atoms with van der Waals surface area (Å²) in [6.07, 6.45) is -3.00. The lowest BCUT2D eigenvalue weighted by Crippen LogP contribution is -2.43. The number of anilines is 1. The molecular weight excluding hydrogens is 531 g/mol. The molecule has 2 aromatic carbocycles. The second-order valence-corrected chi connectivity index (χ2v) is 10.2. The molecule has 210 valence electrons. The van der Waals surface area contributed by atoms with Crippen molar-refractivity contribution in [1.82, 2.24) is 19.8 Å². The minimum atomic E-state index is -4.54. The van der Waals surface area contributed by atoms with Crippen molar-refractivity contribution in [1.29, 1.82) is 0 Å². The number of aryl methyl sites for hydroxylation is 1. The lowest BCUT2D eigenvalue weighted by Gasteiger charge is -2.32. The summed E-state index contributed by atoms with van der Waals surface area (Å²) >= 11 is 0. The van der Waals surface area contributed by atoms with E-state index in [1.807, 2.05) is 14.0 Å². The molecule has 5 rings (SSSR count). The molecule has 0 bridgehead atoms. The number of piperazine rings is 1. The molecule has 0 saturated carbocycles. The lowest BCUT2D eigenvalue weighted by atomic mass is 10.0. The van der Waals surface area contributed by atoms with Crippen LogP contribution in [0.15, 0.2) is 65.6 Å². The maximum atomic E-state index is 13.7. The largest absolute Gasteiger partial charge is 0.416 e. The van der Waals surface area contributed by atoms with E-state index >= 15 is 0 Å². The number of nitrogens with zero attached hydrogens (tertiary/aromatic N) is 3. The van der Waals surface area contributed by atoms with E-state index in [1.165, 1.54) is 6.07 Å². The number of aromatic nitrogens is 2. The summed E-state index contributed by atoms with van der Waals surface area (Å²) in [7, 11) is 2.02. The van der Waals surface area contributed by atoms with Crippen LogP contribution in [0.2, 0.25) is 0 Å². The Hall–Kier alpha value is -4.46. The number of halogens is 3. The van der Waals surface area contributed by atoms with Crippen molar-refractivity contribution in [2.24, 2.45) is 0 Å². The van der Waals surface area contributed by atoms with Crippen LogP contribution >= 0.6 is 0 Å². The van der Waals surface area contributed by atoms with Crippen LogP contribution in [0.1, 0.15) is 38.2 Å². The first-order valence-corrected chi connectivity index (χ1v) is 13.1. The first-order valence-electron chi connectivity index (χ1n) is 13.1. The predicted molar refractivity (Wildman–Crippen MR) is 152 cm³/mol. The van der Waals surface area contributed by atoms with Gasteiger partial charge in [0.05, 0.1) is 5.56 Å². The number of benzene rings is 2. The molecule has 41 heavy (non-hydrogen) atoms. The molecule has 1 amide bonds. The van der Waals surface area contributed by atoms with Gasteiger partial charge in [0.25, 0.3) is 5.91 Å². The number of H-pyrrole nitrogens is 1. The van der Waals surface area contributed by atoms with Crippen molar-refractivity contribution in [3.63, 3.8) is 0 Å². The molecule has 4 aromatic rings. The van der Waals surface area contributed by atoms with E-state index in [0.29, 0.717) is 28.9 Å². The van der Waals surface area contributed by atoms with Crippen molar-refractivity contribution in [3.05, 3.63) is 105 Å². The van der Waals surface area contributed by atoms with Crippen LogP contribution in [-0.4, -0.2) is 58.9 Å². The SMILES string of the molecule is Cc1ccc(C(=O)Nc2cc(CN3CCN(C)CC3)cc(C(F)(F)F)c2)cc1C#Cc1cnc2[nH]c(=O)ccc2c1. The van der Waals surface area contributed by atoms with E-state index in [4.69, 9.17) is 0 Å². The average molecular weight is 560 g/mol. The fourth-order valence-electron chi connectivity index (χ4n) is 4.63. The number of hydrogen-bond donors (Lipinski definition) is 2. The molecule has 1 fully saturated rings. The van der Waals surface area contributed by atoms with Crippen molar-refractivity contribution in [2.75, 3.05) is 38.5 Å². The minimum Gasteiger partial charge on any atom is -0.322 e. The molecule has 3 heterocycles. The number of nitrogens with one attached hydrogen (secondary N) is 2. The monoisotopic (exact) mass is 559 g/mol. The van der Waals surface area contributed by atoms with Crippen LogP contribution in [0, 0.1) is 18.8 Å². The highest BCUT2D eigenvalue weighted by Gasteiger charge is 2.31. The predicted octanol–water partition coefficient (Wildman–Crippen LogP) is 4.65. The van der Waals surface area contributed by atoms with Gasteiger partial charge in [-0.15, -0.1) is 0 Å². The van der Waals surface area contributed by atoms with Gasteiger partial charge in [-0.05, 0) is 67.6 Å². The molecule has 0 atom stereocenters.